The number of fused-ring (bicyclic) bond motifs is 1. The molecule has 1 unspecified atom stereocenters. The number of halogens is 1. The van der Waals surface area contributed by atoms with Crippen molar-refractivity contribution in [2.24, 2.45) is 0 Å². The molecule has 2 rings (SSSR count). The number of benzene rings is 1. The molecule has 8 heteroatoms. The van der Waals surface area contributed by atoms with E-state index in [0.717, 1.165) is 24.6 Å². The van der Waals surface area contributed by atoms with Crippen molar-refractivity contribution in [2.45, 2.75) is 31.8 Å². The van der Waals surface area contributed by atoms with Gasteiger partial charge in [0.2, 0.25) is 0 Å². The average molecular weight is 489 g/mol. The third-order valence-electron chi connectivity index (χ3n) is 4.40. The summed E-state index contributed by atoms with van der Waals surface area (Å²) >= 11 is 3.42. The molecule has 0 saturated heterocycles. The number of carbonyl (C=O) groups excluding carboxylic acids is 1. The first kappa shape index (κ1) is 25.1. The van der Waals surface area contributed by atoms with Gasteiger partial charge in [0.1, 0.15) is 6.61 Å². The van der Waals surface area contributed by atoms with Crippen LogP contribution in [-0.2, 0) is 23.7 Å². The molecule has 0 amide bonds. The van der Waals surface area contributed by atoms with Gasteiger partial charge < -0.3 is 28.4 Å². The second-order valence-electron chi connectivity index (χ2n) is 6.78. The maximum absolute atomic E-state index is 12.8. The van der Waals surface area contributed by atoms with Crippen LogP contribution in [0.15, 0.2) is 24.3 Å². The predicted molar refractivity (Wildman–Crippen MR) is 117 cm³/mol. The Balaban J connectivity index is 1.99. The molecule has 0 radical (unpaired) electrons. The summed E-state index contributed by atoms with van der Waals surface area (Å²) in [5.74, 6) is 1.14. The minimum Gasteiger partial charge on any atom is -0.487 e. The fourth-order valence-corrected chi connectivity index (χ4v) is 3.20. The van der Waals surface area contributed by atoms with Crippen molar-refractivity contribution < 1.29 is 33.2 Å². The topological polar surface area (TPSA) is 72.5 Å². The number of hydrogen-bond donors (Lipinski definition) is 0. The highest BCUT2D eigenvalue weighted by atomic mass is 79.9. The van der Waals surface area contributed by atoms with Gasteiger partial charge in [-0.15, -0.1) is 0 Å². The van der Waals surface area contributed by atoms with Crippen LogP contribution in [0.1, 0.15) is 25.7 Å². The fraction of sp³-hybridized carbons (Fsp3) is 0.682. The SMILES string of the molecule is O=C(CCCCCBr)C1COCCOCCOCCOCCOc2ccccc2O1. The molecule has 0 aliphatic carbocycles. The van der Waals surface area contributed by atoms with Crippen LogP contribution < -0.4 is 9.47 Å². The van der Waals surface area contributed by atoms with E-state index in [2.05, 4.69) is 15.9 Å². The molecule has 1 aromatic carbocycles. The van der Waals surface area contributed by atoms with Gasteiger partial charge in [-0.05, 0) is 25.0 Å². The van der Waals surface area contributed by atoms with Crippen LogP contribution in [0.2, 0.25) is 0 Å². The summed E-state index contributed by atoms with van der Waals surface area (Å²) in [6, 6.07) is 7.35. The van der Waals surface area contributed by atoms with Gasteiger partial charge in [0.15, 0.2) is 23.4 Å². The molecule has 0 fully saturated rings. The normalized spacial score (nSPS) is 20.1. The number of para-hydroxylation sites is 2. The van der Waals surface area contributed by atoms with Crippen molar-refractivity contribution in [3.63, 3.8) is 0 Å². The molecular formula is C22H33BrO7. The monoisotopic (exact) mass is 488 g/mol. The van der Waals surface area contributed by atoms with E-state index in [0.29, 0.717) is 70.8 Å². The average Bonchev–Trinajstić information content (AvgIpc) is 2.76. The standard InChI is InChI=1S/C22H33BrO7/c23-9-5-1-2-6-19(24)22-18-28-15-14-26-11-10-25-12-13-27-16-17-29-20-7-3-4-8-21(20)30-22/h3-4,7-8,22H,1-2,5-6,9-18H2. The van der Waals surface area contributed by atoms with Gasteiger partial charge in [-0.2, -0.15) is 0 Å². The Kier molecular flexibility index (Phi) is 13.8. The molecule has 0 saturated carbocycles. The Hall–Kier alpha value is -1.19. The van der Waals surface area contributed by atoms with Gasteiger partial charge in [0, 0.05) is 11.8 Å². The van der Waals surface area contributed by atoms with Crippen LogP contribution in [-0.4, -0.2) is 76.7 Å². The fourth-order valence-electron chi connectivity index (χ4n) is 2.80. The van der Waals surface area contributed by atoms with Crippen LogP contribution >= 0.6 is 15.9 Å². The third kappa shape index (κ3) is 10.7. The van der Waals surface area contributed by atoms with Crippen molar-refractivity contribution in [3.05, 3.63) is 24.3 Å². The first-order chi connectivity index (χ1) is 14.8. The van der Waals surface area contributed by atoms with Gasteiger partial charge in [0.05, 0.1) is 52.9 Å². The maximum atomic E-state index is 12.8. The number of Topliss-reactive ketones (excluding diaryl/α,β-unsaturated/α-hetero) is 1. The quantitative estimate of drug-likeness (QED) is 0.448. The number of unbranched alkanes of at least 4 members (excludes halogenated alkanes) is 2. The van der Waals surface area contributed by atoms with Gasteiger partial charge in [0.25, 0.3) is 0 Å². The zero-order valence-corrected chi connectivity index (χ0v) is 19.1. The summed E-state index contributed by atoms with van der Waals surface area (Å²) in [5, 5.41) is 0.948. The summed E-state index contributed by atoms with van der Waals surface area (Å²) in [7, 11) is 0. The zero-order valence-electron chi connectivity index (χ0n) is 17.5. The summed E-state index contributed by atoms with van der Waals surface area (Å²) in [6.45, 7) is 3.82. The molecule has 0 spiro atoms. The highest BCUT2D eigenvalue weighted by Gasteiger charge is 2.22. The third-order valence-corrected chi connectivity index (χ3v) is 4.97. The lowest BCUT2D eigenvalue weighted by Crippen LogP contribution is -2.33. The number of hydrogen-bond acceptors (Lipinski definition) is 7. The Morgan fingerprint density at radius 3 is 2.07 bits per heavy atom. The molecule has 30 heavy (non-hydrogen) atoms. The van der Waals surface area contributed by atoms with Crippen molar-refractivity contribution in [2.75, 3.05) is 64.8 Å². The molecule has 1 atom stereocenters. The molecule has 7 nitrogen and oxygen atoms in total. The highest BCUT2D eigenvalue weighted by molar-refractivity contribution is 9.09. The van der Waals surface area contributed by atoms with E-state index >= 15 is 0 Å². The Morgan fingerprint density at radius 2 is 1.40 bits per heavy atom. The molecule has 1 aliphatic rings. The first-order valence-electron chi connectivity index (χ1n) is 10.6. The summed E-state index contributed by atoms with van der Waals surface area (Å²) in [6.07, 6.45) is 2.67. The zero-order chi connectivity index (χ0) is 21.3. The number of ether oxygens (including phenoxy) is 6. The lowest BCUT2D eigenvalue weighted by atomic mass is 10.1. The van der Waals surface area contributed by atoms with Crippen molar-refractivity contribution in [1.82, 2.24) is 0 Å². The number of ketones is 1. The van der Waals surface area contributed by atoms with E-state index in [1.165, 1.54) is 0 Å². The van der Waals surface area contributed by atoms with E-state index in [1.807, 2.05) is 18.2 Å². The smallest absolute Gasteiger partial charge is 0.180 e. The summed E-state index contributed by atoms with van der Waals surface area (Å²) < 4.78 is 34.0. The van der Waals surface area contributed by atoms with Crippen LogP contribution in [0.5, 0.6) is 11.5 Å². The van der Waals surface area contributed by atoms with E-state index < -0.39 is 6.10 Å². The number of rotatable bonds is 6. The van der Waals surface area contributed by atoms with Crippen LogP contribution in [0.3, 0.4) is 0 Å². The van der Waals surface area contributed by atoms with Gasteiger partial charge >= 0.3 is 0 Å². The predicted octanol–water partition coefficient (Wildman–Crippen LogP) is 3.42. The Labute approximate surface area is 187 Å². The number of carbonyl (C=O) groups is 1. The van der Waals surface area contributed by atoms with Crippen LogP contribution in [0, 0.1) is 0 Å². The molecule has 0 N–H and O–H groups in total. The Bertz CT molecular complexity index is 584. The van der Waals surface area contributed by atoms with E-state index in [9.17, 15) is 4.79 Å². The lowest BCUT2D eigenvalue weighted by Gasteiger charge is -2.20. The van der Waals surface area contributed by atoms with Crippen LogP contribution in [0.25, 0.3) is 0 Å². The van der Waals surface area contributed by atoms with Gasteiger partial charge in [-0.1, -0.05) is 34.5 Å². The van der Waals surface area contributed by atoms with Crippen molar-refractivity contribution in [3.8, 4) is 11.5 Å². The number of alkyl halides is 1. The molecule has 1 heterocycles. The lowest BCUT2D eigenvalue weighted by molar-refractivity contribution is -0.129. The Morgan fingerprint density at radius 1 is 0.800 bits per heavy atom. The van der Waals surface area contributed by atoms with E-state index in [4.69, 9.17) is 28.4 Å². The van der Waals surface area contributed by atoms with Crippen molar-refractivity contribution in [1.29, 1.82) is 0 Å². The molecule has 0 bridgehead atoms. The summed E-state index contributed by atoms with van der Waals surface area (Å²) in [5.41, 5.74) is 0. The first-order valence-corrected chi connectivity index (χ1v) is 11.7. The van der Waals surface area contributed by atoms with Gasteiger partial charge in [-0.25, -0.2) is 0 Å². The maximum Gasteiger partial charge on any atom is 0.180 e. The van der Waals surface area contributed by atoms with E-state index in [-0.39, 0.29) is 12.4 Å². The molecule has 170 valence electrons. The molecule has 0 aromatic heterocycles. The minimum atomic E-state index is -0.683. The molecular weight excluding hydrogens is 456 g/mol. The largest absolute Gasteiger partial charge is 0.487 e. The second-order valence-corrected chi connectivity index (χ2v) is 7.57. The highest BCUT2D eigenvalue weighted by Crippen LogP contribution is 2.28. The molecule has 1 aromatic rings. The van der Waals surface area contributed by atoms with Crippen LogP contribution in [0.4, 0.5) is 0 Å². The minimum absolute atomic E-state index is 0.0337. The van der Waals surface area contributed by atoms with Gasteiger partial charge in [-0.3, -0.25) is 4.79 Å². The van der Waals surface area contributed by atoms with Crippen molar-refractivity contribution >= 4 is 21.7 Å². The second kappa shape index (κ2) is 16.5. The summed E-state index contributed by atoms with van der Waals surface area (Å²) in [4.78, 5) is 12.8. The van der Waals surface area contributed by atoms with E-state index in [1.54, 1.807) is 6.07 Å². The molecule has 1 aliphatic heterocycles.